The number of hydrogen-bond donors (Lipinski definition) is 1. The van der Waals surface area contributed by atoms with E-state index in [0.717, 1.165) is 16.9 Å². The highest BCUT2D eigenvalue weighted by atomic mass is 32.2. The summed E-state index contributed by atoms with van der Waals surface area (Å²) in [5.74, 6) is 0.943. The van der Waals surface area contributed by atoms with Gasteiger partial charge in [0.05, 0.1) is 28.2 Å². The van der Waals surface area contributed by atoms with Gasteiger partial charge in [0, 0.05) is 12.8 Å². The molecule has 2 aromatic rings. The number of sulfone groups is 1. The van der Waals surface area contributed by atoms with Gasteiger partial charge in [-0.15, -0.1) is 0 Å². The van der Waals surface area contributed by atoms with Crippen molar-refractivity contribution in [1.29, 1.82) is 0 Å². The fraction of sp³-hybridized carbons (Fsp3) is 0.385. The van der Waals surface area contributed by atoms with Crippen LogP contribution in [0.3, 0.4) is 0 Å². The average molecular weight is 311 g/mol. The number of hydrogen-bond acceptors (Lipinski definition) is 4. The highest BCUT2D eigenvalue weighted by molar-refractivity contribution is 7.90. The van der Waals surface area contributed by atoms with Gasteiger partial charge in [0.25, 0.3) is 0 Å². The predicted octanol–water partition coefficient (Wildman–Crippen LogP) is 1.30. The van der Waals surface area contributed by atoms with Crippen LogP contribution >= 0.6 is 12.2 Å². The maximum atomic E-state index is 11.2. The third-order valence-corrected chi connectivity index (χ3v) is 4.14. The third-order valence-electron chi connectivity index (χ3n) is 2.96. The SMILES string of the molecule is CS(=O)(=O)CCCn1c(CC(N)=S)nc2ccccc21. The minimum absolute atomic E-state index is 0.159. The van der Waals surface area contributed by atoms with E-state index in [1.165, 1.54) is 6.26 Å². The van der Waals surface area contributed by atoms with E-state index in [0.29, 0.717) is 24.4 Å². The van der Waals surface area contributed by atoms with E-state index in [4.69, 9.17) is 18.0 Å². The number of aromatic nitrogens is 2. The van der Waals surface area contributed by atoms with E-state index in [2.05, 4.69) is 4.98 Å². The van der Waals surface area contributed by atoms with Crippen LogP contribution in [-0.4, -0.2) is 35.0 Å². The molecule has 0 spiro atoms. The number of fused-ring (bicyclic) bond motifs is 1. The van der Waals surface area contributed by atoms with Crippen molar-refractivity contribution in [2.75, 3.05) is 12.0 Å². The van der Waals surface area contributed by atoms with E-state index in [1.807, 2.05) is 28.8 Å². The molecular formula is C13H17N3O2S2. The lowest BCUT2D eigenvalue weighted by atomic mass is 10.3. The molecule has 2 N–H and O–H groups in total. The standard InChI is InChI=1S/C13H17N3O2S2/c1-20(17,18)8-4-7-16-11-6-3-2-5-10(11)15-13(16)9-12(14)19/h2-3,5-6H,4,7-9H2,1H3,(H2,14,19). The van der Waals surface area contributed by atoms with Gasteiger partial charge in [-0.2, -0.15) is 0 Å². The second-order valence-corrected chi connectivity index (χ2v) is 7.58. The number of nitrogens with two attached hydrogens (primary N) is 1. The molecule has 2 rings (SSSR count). The summed E-state index contributed by atoms with van der Waals surface area (Å²) in [5.41, 5.74) is 7.45. The van der Waals surface area contributed by atoms with Gasteiger partial charge in [-0.1, -0.05) is 24.4 Å². The van der Waals surface area contributed by atoms with Crippen LogP contribution in [0.25, 0.3) is 11.0 Å². The van der Waals surface area contributed by atoms with Crippen molar-refractivity contribution in [3.8, 4) is 0 Å². The first kappa shape index (κ1) is 14.9. The van der Waals surface area contributed by atoms with Gasteiger partial charge < -0.3 is 10.3 Å². The Kier molecular flexibility index (Phi) is 4.39. The van der Waals surface area contributed by atoms with Crippen LogP contribution in [0.5, 0.6) is 0 Å². The normalized spacial score (nSPS) is 11.8. The Morgan fingerprint density at radius 1 is 1.40 bits per heavy atom. The summed E-state index contributed by atoms with van der Waals surface area (Å²) in [5, 5.41) is 0. The summed E-state index contributed by atoms with van der Waals surface area (Å²) in [6.07, 6.45) is 2.21. The zero-order valence-electron chi connectivity index (χ0n) is 11.2. The second kappa shape index (κ2) is 5.88. The molecule has 1 aromatic carbocycles. The number of thiocarbonyl (C=S) groups is 1. The Morgan fingerprint density at radius 2 is 2.10 bits per heavy atom. The van der Waals surface area contributed by atoms with E-state index in [-0.39, 0.29) is 5.75 Å². The molecule has 108 valence electrons. The van der Waals surface area contributed by atoms with Gasteiger partial charge in [-0.3, -0.25) is 0 Å². The number of rotatable bonds is 6. The number of nitrogens with zero attached hydrogens (tertiary/aromatic N) is 2. The largest absolute Gasteiger partial charge is 0.393 e. The first-order valence-electron chi connectivity index (χ1n) is 6.27. The van der Waals surface area contributed by atoms with Crippen molar-refractivity contribution in [2.24, 2.45) is 5.73 Å². The van der Waals surface area contributed by atoms with Crippen LogP contribution in [0.15, 0.2) is 24.3 Å². The minimum atomic E-state index is -2.95. The van der Waals surface area contributed by atoms with Crippen LogP contribution in [0.1, 0.15) is 12.2 Å². The molecule has 1 aromatic heterocycles. The lowest BCUT2D eigenvalue weighted by Crippen LogP contribution is -2.16. The van der Waals surface area contributed by atoms with Crippen LogP contribution in [-0.2, 0) is 22.8 Å². The molecule has 0 saturated heterocycles. The molecule has 0 amide bonds. The van der Waals surface area contributed by atoms with Gasteiger partial charge in [0.15, 0.2) is 0 Å². The zero-order chi connectivity index (χ0) is 14.8. The summed E-state index contributed by atoms with van der Waals surface area (Å²) in [6.45, 7) is 0.589. The second-order valence-electron chi connectivity index (χ2n) is 4.79. The van der Waals surface area contributed by atoms with Crippen LogP contribution in [0.2, 0.25) is 0 Å². The monoisotopic (exact) mass is 311 g/mol. The molecule has 0 aliphatic rings. The lowest BCUT2D eigenvalue weighted by Gasteiger charge is -2.08. The van der Waals surface area contributed by atoms with Crippen molar-refractivity contribution < 1.29 is 8.42 Å². The average Bonchev–Trinajstić information content (AvgIpc) is 2.65. The zero-order valence-corrected chi connectivity index (χ0v) is 12.9. The van der Waals surface area contributed by atoms with Crippen LogP contribution in [0.4, 0.5) is 0 Å². The number of benzene rings is 1. The van der Waals surface area contributed by atoms with Gasteiger partial charge >= 0.3 is 0 Å². The molecule has 20 heavy (non-hydrogen) atoms. The van der Waals surface area contributed by atoms with Crippen molar-refractivity contribution in [3.05, 3.63) is 30.1 Å². The van der Waals surface area contributed by atoms with E-state index < -0.39 is 9.84 Å². The topological polar surface area (TPSA) is 78.0 Å². The summed E-state index contributed by atoms with van der Waals surface area (Å²) in [7, 11) is -2.95. The molecule has 0 saturated carbocycles. The Morgan fingerprint density at radius 3 is 2.75 bits per heavy atom. The molecule has 0 unspecified atom stereocenters. The molecule has 0 aliphatic carbocycles. The van der Waals surface area contributed by atoms with E-state index in [1.54, 1.807) is 0 Å². The molecule has 0 bridgehead atoms. The van der Waals surface area contributed by atoms with Gasteiger partial charge in [0.2, 0.25) is 0 Å². The van der Waals surface area contributed by atoms with Crippen molar-refractivity contribution >= 4 is 38.1 Å². The Bertz CT molecular complexity index is 735. The molecule has 0 atom stereocenters. The number of para-hydroxylation sites is 2. The molecule has 7 heteroatoms. The minimum Gasteiger partial charge on any atom is -0.393 e. The summed E-state index contributed by atoms with van der Waals surface area (Å²) in [6, 6.07) is 7.74. The smallest absolute Gasteiger partial charge is 0.147 e. The molecule has 1 heterocycles. The highest BCUT2D eigenvalue weighted by Gasteiger charge is 2.12. The van der Waals surface area contributed by atoms with Gasteiger partial charge in [-0.25, -0.2) is 13.4 Å². The predicted molar refractivity (Wildman–Crippen MR) is 84.6 cm³/mol. The fourth-order valence-corrected chi connectivity index (χ4v) is 2.93. The molecule has 0 fully saturated rings. The van der Waals surface area contributed by atoms with Crippen LogP contribution < -0.4 is 5.73 Å². The van der Waals surface area contributed by atoms with E-state index in [9.17, 15) is 8.42 Å². The van der Waals surface area contributed by atoms with Gasteiger partial charge in [0.1, 0.15) is 15.7 Å². The summed E-state index contributed by atoms with van der Waals surface area (Å²) < 4.78 is 24.4. The first-order chi connectivity index (χ1) is 9.37. The van der Waals surface area contributed by atoms with Crippen molar-refractivity contribution in [3.63, 3.8) is 0 Å². The quantitative estimate of drug-likeness (QED) is 0.814. The lowest BCUT2D eigenvalue weighted by molar-refractivity contribution is 0.591. The van der Waals surface area contributed by atoms with E-state index >= 15 is 0 Å². The van der Waals surface area contributed by atoms with Crippen LogP contribution in [0, 0.1) is 0 Å². The van der Waals surface area contributed by atoms with Crippen molar-refractivity contribution in [1.82, 2.24) is 9.55 Å². The Hall–Kier alpha value is -1.47. The highest BCUT2D eigenvalue weighted by Crippen LogP contribution is 2.17. The molecular weight excluding hydrogens is 294 g/mol. The number of aryl methyl sites for hydroxylation is 1. The maximum Gasteiger partial charge on any atom is 0.147 e. The third kappa shape index (κ3) is 3.77. The first-order valence-corrected chi connectivity index (χ1v) is 8.74. The Balaban J connectivity index is 2.30. The number of imidazole rings is 1. The van der Waals surface area contributed by atoms with Crippen molar-refractivity contribution in [2.45, 2.75) is 19.4 Å². The summed E-state index contributed by atoms with van der Waals surface area (Å²) in [4.78, 5) is 4.89. The molecule has 0 aliphatic heterocycles. The summed E-state index contributed by atoms with van der Waals surface area (Å²) >= 11 is 4.94. The Labute approximate surface area is 123 Å². The maximum absolute atomic E-state index is 11.2. The van der Waals surface area contributed by atoms with Gasteiger partial charge in [-0.05, 0) is 18.6 Å². The molecule has 5 nitrogen and oxygen atoms in total. The fourth-order valence-electron chi connectivity index (χ4n) is 2.15. The molecule has 0 radical (unpaired) electrons.